The molecule has 1 aliphatic carbocycles. The molecule has 0 aromatic carbocycles. The molecule has 0 bridgehead atoms. The molecule has 1 saturated carbocycles. The first kappa shape index (κ1) is 14.5. The van der Waals surface area contributed by atoms with E-state index >= 15 is 0 Å². The fraction of sp³-hybridized carbons (Fsp3) is 0.812. The Labute approximate surface area is 126 Å². The van der Waals surface area contributed by atoms with Gasteiger partial charge in [-0.05, 0) is 37.1 Å². The van der Waals surface area contributed by atoms with E-state index < -0.39 is 0 Å². The number of aromatic nitrogens is 1. The highest BCUT2D eigenvalue weighted by molar-refractivity contribution is 7.09. The average Bonchev–Trinajstić information content (AvgIpc) is 2.89. The van der Waals surface area contributed by atoms with Crippen molar-refractivity contribution < 1.29 is 0 Å². The highest BCUT2D eigenvalue weighted by Gasteiger charge is 2.31. The van der Waals surface area contributed by atoms with E-state index in [2.05, 4.69) is 36.4 Å². The van der Waals surface area contributed by atoms with Crippen LogP contribution in [0, 0.1) is 11.3 Å². The van der Waals surface area contributed by atoms with Gasteiger partial charge in [0, 0.05) is 31.1 Å². The fourth-order valence-electron chi connectivity index (χ4n) is 2.93. The Hall–Kier alpha value is -0.450. The molecular formula is C16H27N3S. The minimum atomic E-state index is 0.441. The van der Waals surface area contributed by atoms with E-state index in [0.717, 1.165) is 25.0 Å². The van der Waals surface area contributed by atoms with E-state index in [-0.39, 0.29) is 0 Å². The Morgan fingerprint density at radius 2 is 2.15 bits per heavy atom. The van der Waals surface area contributed by atoms with Gasteiger partial charge in [0.2, 0.25) is 0 Å². The Balaban J connectivity index is 1.48. The number of thiazole rings is 1. The van der Waals surface area contributed by atoms with E-state index in [1.165, 1.54) is 43.1 Å². The van der Waals surface area contributed by atoms with E-state index in [0.29, 0.717) is 5.41 Å². The Morgan fingerprint density at radius 3 is 2.80 bits per heavy atom. The quantitative estimate of drug-likeness (QED) is 0.903. The molecule has 2 aliphatic rings. The molecule has 1 saturated heterocycles. The van der Waals surface area contributed by atoms with Crippen LogP contribution in [0.1, 0.15) is 50.7 Å². The summed E-state index contributed by atoms with van der Waals surface area (Å²) < 4.78 is 0. The lowest BCUT2D eigenvalue weighted by Crippen LogP contribution is -2.25. The molecule has 1 N–H and O–H groups in total. The first-order chi connectivity index (χ1) is 9.50. The normalized spacial score (nSPS) is 24.4. The van der Waals surface area contributed by atoms with Crippen molar-refractivity contribution in [3.05, 3.63) is 16.1 Å². The van der Waals surface area contributed by atoms with Gasteiger partial charge in [-0.25, -0.2) is 4.98 Å². The summed E-state index contributed by atoms with van der Waals surface area (Å²) in [5.41, 5.74) is 1.70. The highest BCUT2D eigenvalue weighted by Crippen LogP contribution is 2.34. The Bertz CT molecular complexity index is 445. The van der Waals surface area contributed by atoms with Gasteiger partial charge in [0.25, 0.3) is 0 Å². The second-order valence-corrected chi connectivity index (χ2v) is 8.42. The van der Waals surface area contributed by atoms with Crippen molar-refractivity contribution in [1.29, 1.82) is 0 Å². The summed E-state index contributed by atoms with van der Waals surface area (Å²) in [5.74, 6) is 0.831. The number of hydrogen-bond donors (Lipinski definition) is 1. The third kappa shape index (κ3) is 3.80. The van der Waals surface area contributed by atoms with Crippen LogP contribution in [0.2, 0.25) is 0 Å². The molecule has 4 heteroatoms. The predicted molar refractivity (Wildman–Crippen MR) is 84.8 cm³/mol. The molecule has 1 atom stereocenters. The van der Waals surface area contributed by atoms with E-state index in [9.17, 15) is 0 Å². The Kier molecular flexibility index (Phi) is 4.16. The maximum atomic E-state index is 4.78. The molecule has 2 heterocycles. The van der Waals surface area contributed by atoms with Crippen LogP contribution >= 0.6 is 11.3 Å². The van der Waals surface area contributed by atoms with Gasteiger partial charge in [-0.3, -0.25) is 4.90 Å². The van der Waals surface area contributed by atoms with Gasteiger partial charge in [0.05, 0.1) is 5.69 Å². The summed E-state index contributed by atoms with van der Waals surface area (Å²) in [6.07, 6.45) is 4.03. The van der Waals surface area contributed by atoms with E-state index in [1.807, 2.05) is 11.3 Å². The fourth-order valence-corrected chi connectivity index (χ4v) is 3.67. The van der Waals surface area contributed by atoms with Crippen LogP contribution in [-0.4, -0.2) is 29.0 Å². The summed E-state index contributed by atoms with van der Waals surface area (Å²) in [6, 6.07) is 0.772. The van der Waals surface area contributed by atoms with Crippen molar-refractivity contribution in [2.45, 2.75) is 59.2 Å². The molecule has 1 aromatic rings. The lowest BCUT2D eigenvalue weighted by molar-refractivity contribution is 0.225. The summed E-state index contributed by atoms with van der Waals surface area (Å²) in [7, 11) is 0. The van der Waals surface area contributed by atoms with Gasteiger partial charge in [-0.1, -0.05) is 20.8 Å². The maximum Gasteiger partial charge on any atom is 0.107 e. The number of rotatable bonds is 5. The third-order valence-corrected chi connectivity index (χ3v) is 5.50. The second kappa shape index (κ2) is 5.74. The van der Waals surface area contributed by atoms with E-state index in [4.69, 9.17) is 4.98 Å². The molecule has 3 rings (SSSR count). The van der Waals surface area contributed by atoms with Crippen molar-refractivity contribution in [3.63, 3.8) is 0 Å². The van der Waals surface area contributed by atoms with Crippen LogP contribution in [-0.2, 0) is 13.1 Å². The number of nitrogens with one attached hydrogen (secondary N) is 1. The van der Waals surface area contributed by atoms with Gasteiger partial charge in [-0.15, -0.1) is 11.3 Å². The first-order valence-corrected chi connectivity index (χ1v) is 8.78. The summed E-state index contributed by atoms with van der Waals surface area (Å²) in [4.78, 5) is 7.35. The highest BCUT2D eigenvalue weighted by atomic mass is 32.1. The van der Waals surface area contributed by atoms with Gasteiger partial charge in [-0.2, -0.15) is 0 Å². The molecule has 0 radical (unpaired) electrons. The molecule has 2 fully saturated rings. The van der Waals surface area contributed by atoms with Crippen LogP contribution in [0.15, 0.2) is 5.38 Å². The molecule has 1 unspecified atom stereocenters. The molecular weight excluding hydrogens is 266 g/mol. The second-order valence-electron chi connectivity index (χ2n) is 7.47. The van der Waals surface area contributed by atoms with Crippen LogP contribution < -0.4 is 5.32 Å². The molecule has 0 amide bonds. The minimum Gasteiger partial charge on any atom is -0.308 e. The molecule has 0 spiro atoms. The van der Waals surface area contributed by atoms with Crippen molar-refractivity contribution in [3.8, 4) is 0 Å². The van der Waals surface area contributed by atoms with Crippen molar-refractivity contribution >= 4 is 11.3 Å². The largest absolute Gasteiger partial charge is 0.308 e. The smallest absolute Gasteiger partial charge is 0.107 e. The van der Waals surface area contributed by atoms with Crippen molar-refractivity contribution in [2.24, 2.45) is 11.3 Å². The monoisotopic (exact) mass is 293 g/mol. The molecule has 3 nitrogen and oxygen atoms in total. The van der Waals surface area contributed by atoms with Crippen molar-refractivity contribution in [2.75, 3.05) is 13.1 Å². The Morgan fingerprint density at radius 1 is 1.35 bits per heavy atom. The summed E-state index contributed by atoms with van der Waals surface area (Å²) in [6.45, 7) is 11.6. The third-order valence-electron chi connectivity index (χ3n) is 4.60. The summed E-state index contributed by atoms with van der Waals surface area (Å²) >= 11 is 1.81. The van der Waals surface area contributed by atoms with Gasteiger partial charge < -0.3 is 5.32 Å². The van der Waals surface area contributed by atoms with Gasteiger partial charge in [0.1, 0.15) is 5.01 Å². The molecule has 20 heavy (non-hydrogen) atoms. The van der Waals surface area contributed by atoms with Crippen LogP contribution in [0.25, 0.3) is 0 Å². The average molecular weight is 293 g/mol. The molecule has 1 aliphatic heterocycles. The molecule has 112 valence electrons. The lowest BCUT2D eigenvalue weighted by Gasteiger charge is -2.26. The van der Waals surface area contributed by atoms with Gasteiger partial charge >= 0.3 is 0 Å². The topological polar surface area (TPSA) is 28.2 Å². The van der Waals surface area contributed by atoms with Gasteiger partial charge in [0.15, 0.2) is 0 Å². The standard InChI is InChI=1S/C16H27N3S/c1-16(2,3)12-6-7-19(9-12)10-14-11-20-15(18-14)8-17-13-4-5-13/h11-13,17H,4-10H2,1-3H3. The number of nitrogens with zero attached hydrogens (tertiary/aromatic N) is 2. The number of hydrogen-bond acceptors (Lipinski definition) is 4. The zero-order valence-corrected chi connectivity index (χ0v) is 13.8. The van der Waals surface area contributed by atoms with Crippen LogP contribution in [0.5, 0.6) is 0 Å². The van der Waals surface area contributed by atoms with Crippen molar-refractivity contribution in [1.82, 2.24) is 15.2 Å². The zero-order chi connectivity index (χ0) is 14.2. The van der Waals surface area contributed by atoms with Crippen LogP contribution in [0.4, 0.5) is 0 Å². The molecule has 1 aromatic heterocycles. The number of likely N-dealkylation sites (tertiary alicyclic amines) is 1. The predicted octanol–water partition coefficient (Wildman–Crippen LogP) is 3.26. The minimum absolute atomic E-state index is 0.441. The zero-order valence-electron chi connectivity index (χ0n) is 13.0. The summed E-state index contributed by atoms with van der Waals surface area (Å²) in [5, 5.41) is 7.03. The maximum absolute atomic E-state index is 4.78. The lowest BCUT2D eigenvalue weighted by atomic mass is 9.80. The first-order valence-electron chi connectivity index (χ1n) is 7.90. The van der Waals surface area contributed by atoms with Crippen LogP contribution in [0.3, 0.4) is 0 Å². The van der Waals surface area contributed by atoms with E-state index in [1.54, 1.807) is 0 Å². The SMILES string of the molecule is CC(C)(C)C1CCN(Cc2csc(CNC3CC3)n2)C1.